The monoisotopic (exact) mass is 218 g/mol. The lowest BCUT2D eigenvalue weighted by Gasteiger charge is -2.24. The second-order valence-corrected chi connectivity index (χ2v) is 4.79. The van der Waals surface area contributed by atoms with Gasteiger partial charge in [0.25, 0.3) is 0 Å². The highest BCUT2D eigenvalue weighted by Gasteiger charge is 2.32. The largest absolute Gasteiger partial charge is 0.396 e. The summed E-state index contributed by atoms with van der Waals surface area (Å²) in [6.45, 7) is 2.74. The highest BCUT2D eigenvalue weighted by atomic mass is 32.1. The first-order chi connectivity index (χ1) is 6.54. The maximum atomic E-state index is 11.1. The molecule has 1 fully saturated rings. The summed E-state index contributed by atoms with van der Waals surface area (Å²) < 4.78 is 0. The molecule has 1 heterocycles. The van der Waals surface area contributed by atoms with E-state index in [1.165, 1.54) is 0 Å². The molecule has 1 rings (SSSR count). The van der Waals surface area contributed by atoms with Crippen LogP contribution in [0.15, 0.2) is 0 Å². The van der Waals surface area contributed by atoms with Crippen LogP contribution in [0.2, 0.25) is 0 Å². The Hall–Kier alpha value is -0.420. The second kappa shape index (κ2) is 4.89. The molecule has 2 amide bonds. The van der Waals surface area contributed by atoms with Crippen LogP contribution < -0.4 is 5.73 Å². The minimum Gasteiger partial charge on any atom is -0.396 e. The number of amides is 2. The number of carbonyl (C=O) groups is 1. The molecule has 1 aliphatic rings. The fraction of sp³-hybridized carbons (Fsp3) is 0.889. The minimum atomic E-state index is -0.378. The Morgan fingerprint density at radius 2 is 2.43 bits per heavy atom. The topological polar surface area (TPSA) is 66.6 Å². The van der Waals surface area contributed by atoms with Gasteiger partial charge in [0.15, 0.2) is 0 Å². The Balaban J connectivity index is 2.53. The van der Waals surface area contributed by atoms with Crippen LogP contribution in [0.5, 0.6) is 0 Å². The van der Waals surface area contributed by atoms with Gasteiger partial charge < -0.3 is 15.7 Å². The smallest absolute Gasteiger partial charge is 0.315 e. The van der Waals surface area contributed by atoms with Crippen LogP contribution in [0.4, 0.5) is 4.79 Å². The second-order valence-electron chi connectivity index (χ2n) is 4.06. The molecule has 3 atom stereocenters. The summed E-state index contributed by atoms with van der Waals surface area (Å²) in [5, 5.41) is 9.15. The number of rotatable bonds is 3. The quantitative estimate of drug-likeness (QED) is 0.602. The Labute approximate surface area is 89.9 Å². The average molecular weight is 218 g/mol. The van der Waals surface area contributed by atoms with E-state index in [4.69, 9.17) is 10.8 Å². The number of carbonyl (C=O) groups excluding carboxylic acids is 1. The molecule has 0 aliphatic carbocycles. The van der Waals surface area contributed by atoms with Crippen molar-refractivity contribution in [3.8, 4) is 0 Å². The molecular formula is C9H18N2O2S. The van der Waals surface area contributed by atoms with Gasteiger partial charge in [0.1, 0.15) is 0 Å². The molecular weight excluding hydrogens is 200 g/mol. The van der Waals surface area contributed by atoms with Gasteiger partial charge in [-0.2, -0.15) is 12.6 Å². The fourth-order valence-electron chi connectivity index (χ4n) is 1.92. The van der Waals surface area contributed by atoms with E-state index in [-0.39, 0.29) is 29.8 Å². The molecule has 0 aromatic heterocycles. The zero-order valence-electron chi connectivity index (χ0n) is 8.39. The van der Waals surface area contributed by atoms with Crippen LogP contribution in [-0.2, 0) is 0 Å². The third-order valence-electron chi connectivity index (χ3n) is 2.66. The number of nitrogens with two attached hydrogens (primary N) is 1. The third-order valence-corrected chi connectivity index (χ3v) is 3.04. The van der Waals surface area contributed by atoms with Crippen molar-refractivity contribution in [3.63, 3.8) is 0 Å². The summed E-state index contributed by atoms with van der Waals surface area (Å²) in [4.78, 5) is 12.7. The Morgan fingerprint density at radius 3 is 2.93 bits per heavy atom. The molecule has 1 aliphatic heterocycles. The van der Waals surface area contributed by atoms with Crippen molar-refractivity contribution >= 4 is 18.7 Å². The lowest BCUT2D eigenvalue weighted by Crippen LogP contribution is -2.40. The van der Waals surface area contributed by atoms with E-state index in [9.17, 15) is 4.79 Å². The number of thiol groups is 1. The number of hydrogen-bond acceptors (Lipinski definition) is 3. The highest BCUT2D eigenvalue weighted by molar-refractivity contribution is 7.81. The molecule has 4 nitrogen and oxygen atoms in total. The van der Waals surface area contributed by atoms with Gasteiger partial charge in [-0.05, 0) is 18.8 Å². The summed E-state index contributed by atoms with van der Waals surface area (Å²) in [7, 11) is 0. The number of aliphatic hydroxyl groups is 1. The lowest BCUT2D eigenvalue weighted by molar-refractivity contribution is 0.175. The van der Waals surface area contributed by atoms with Crippen LogP contribution in [0, 0.1) is 5.92 Å². The van der Waals surface area contributed by atoms with Crippen molar-refractivity contribution in [1.29, 1.82) is 0 Å². The molecule has 0 bridgehead atoms. The SMILES string of the molecule is CC(CO)CC1CC(S)CN1C(N)=O. The Morgan fingerprint density at radius 1 is 1.79 bits per heavy atom. The van der Waals surface area contributed by atoms with Crippen molar-refractivity contribution in [2.24, 2.45) is 11.7 Å². The van der Waals surface area contributed by atoms with Crippen molar-refractivity contribution in [2.75, 3.05) is 13.2 Å². The number of likely N-dealkylation sites (tertiary alicyclic amines) is 1. The van der Waals surface area contributed by atoms with Crippen molar-refractivity contribution in [3.05, 3.63) is 0 Å². The van der Waals surface area contributed by atoms with Crippen molar-refractivity contribution in [1.82, 2.24) is 4.90 Å². The first kappa shape index (κ1) is 11.7. The fourth-order valence-corrected chi connectivity index (χ4v) is 2.34. The molecule has 1 saturated heterocycles. The zero-order chi connectivity index (χ0) is 10.7. The van der Waals surface area contributed by atoms with E-state index in [2.05, 4.69) is 12.6 Å². The molecule has 0 radical (unpaired) electrons. The molecule has 0 saturated carbocycles. The maximum absolute atomic E-state index is 11.1. The molecule has 82 valence electrons. The van der Waals surface area contributed by atoms with Crippen molar-refractivity contribution in [2.45, 2.75) is 31.1 Å². The van der Waals surface area contributed by atoms with E-state index in [1.54, 1.807) is 4.90 Å². The van der Waals surface area contributed by atoms with Crippen LogP contribution in [-0.4, -0.2) is 40.5 Å². The minimum absolute atomic E-state index is 0.150. The number of urea groups is 1. The highest BCUT2D eigenvalue weighted by Crippen LogP contribution is 2.26. The van der Waals surface area contributed by atoms with E-state index < -0.39 is 0 Å². The van der Waals surface area contributed by atoms with Gasteiger partial charge in [0.2, 0.25) is 0 Å². The molecule has 5 heteroatoms. The van der Waals surface area contributed by atoms with Crippen LogP contribution in [0.1, 0.15) is 19.8 Å². The molecule has 0 aromatic rings. The predicted molar refractivity (Wildman–Crippen MR) is 58.3 cm³/mol. The summed E-state index contributed by atoms with van der Waals surface area (Å²) in [6, 6.07) is -0.228. The number of hydrogen-bond donors (Lipinski definition) is 3. The van der Waals surface area contributed by atoms with Crippen LogP contribution in [0.25, 0.3) is 0 Å². The molecule has 3 unspecified atom stereocenters. The number of nitrogens with zero attached hydrogens (tertiary/aromatic N) is 1. The number of primary amides is 1. The predicted octanol–water partition coefficient (Wildman–Crippen LogP) is 0.456. The normalized spacial score (nSPS) is 29.2. The van der Waals surface area contributed by atoms with Gasteiger partial charge in [-0.25, -0.2) is 4.79 Å². The molecule has 0 aromatic carbocycles. The third kappa shape index (κ3) is 2.78. The van der Waals surface area contributed by atoms with Gasteiger partial charge >= 0.3 is 6.03 Å². The first-order valence-electron chi connectivity index (χ1n) is 4.89. The van der Waals surface area contributed by atoms with Crippen LogP contribution in [0.3, 0.4) is 0 Å². The summed E-state index contributed by atoms with van der Waals surface area (Å²) in [5.41, 5.74) is 5.26. The van der Waals surface area contributed by atoms with Gasteiger partial charge in [-0.15, -0.1) is 0 Å². The lowest BCUT2D eigenvalue weighted by atomic mass is 10.0. The van der Waals surface area contributed by atoms with Gasteiger partial charge in [0.05, 0.1) is 0 Å². The standard InChI is InChI=1S/C9H18N2O2S/c1-6(5-12)2-7-3-8(14)4-11(7)9(10)13/h6-8,12,14H,2-5H2,1H3,(H2,10,13). The van der Waals surface area contributed by atoms with Gasteiger partial charge in [-0.1, -0.05) is 6.92 Å². The Bertz CT molecular complexity index is 213. The van der Waals surface area contributed by atoms with Crippen LogP contribution >= 0.6 is 12.6 Å². The summed E-state index contributed by atoms with van der Waals surface area (Å²) in [6.07, 6.45) is 1.67. The number of aliphatic hydroxyl groups excluding tert-OH is 1. The summed E-state index contributed by atoms with van der Waals surface area (Å²) in [5.74, 6) is 0.209. The molecule has 0 spiro atoms. The zero-order valence-corrected chi connectivity index (χ0v) is 9.28. The maximum Gasteiger partial charge on any atom is 0.315 e. The first-order valence-corrected chi connectivity index (χ1v) is 5.41. The van der Waals surface area contributed by atoms with E-state index >= 15 is 0 Å². The van der Waals surface area contributed by atoms with Gasteiger partial charge in [0, 0.05) is 24.4 Å². The summed E-state index contributed by atoms with van der Waals surface area (Å²) >= 11 is 4.35. The van der Waals surface area contributed by atoms with E-state index in [0.29, 0.717) is 6.54 Å². The molecule has 14 heavy (non-hydrogen) atoms. The van der Waals surface area contributed by atoms with Gasteiger partial charge in [-0.3, -0.25) is 0 Å². The Kier molecular flexibility index (Phi) is 4.07. The van der Waals surface area contributed by atoms with Crippen molar-refractivity contribution < 1.29 is 9.90 Å². The van der Waals surface area contributed by atoms with E-state index in [0.717, 1.165) is 12.8 Å². The van der Waals surface area contributed by atoms with E-state index in [1.807, 2.05) is 6.92 Å². The average Bonchev–Trinajstić information content (AvgIpc) is 2.46. The molecule has 3 N–H and O–H groups in total.